The summed E-state index contributed by atoms with van der Waals surface area (Å²) in [6, 6.07) is 5.29. The Morgan fingerprint density at radius 3 is 3.12 bits per heavy atom. The summed E-state index contributed by atoms with van der Waals surface area (Å²) in [6.07, 6.45) is 1.87. The third-order valence-electron chi connectivity index (χ3n) is 1.61. The standard InChI is InChI=1S/C11H13N3OS/c1-16-8-11(15)14-10-6-2-4-9(13-10)5-3-7-12/h2,4,6H,7-8,12H2,1H3,(H,13,14,15). The van der Waals surface area contributed by atoms with Crippen molar-refractivity contribution in [3.05, 3.63) is 23.9 Å². The van der Waals surface area contributed by atoms with Crippen LogP contribution in [-0.2, 0) is 4.79 Å². The first-order valence-electron chi connectivity index (χ1n) is 4.71. The quantitative estimate of drug-likeness (QED) is 0.757. The number of anilines is 1. The molecule has 0 bridgehead atoms. The first kappa shape index (κ1) is 12.6. The molecule has 1 heterocycles. The molecule has 1 amide bonds. The van der Waals surface area contributed by atoms with Gasteiger partial charge in [-0.3, -0.25) is 4.79 Å². The van der Waals surface area contributed by atoms with Gasteiger partial charge in [0.15, 0.2) is 0 Å². The Morgan fingerprint density at radius 1 is 1.62 bits per heavy atom. The second-order valence-corrected chi connectivity index (χ2v) is 3.76. The molecule has 0 saturated heterocycles. The first-order valence-corrected chi connectivity index (χ1v) is 6.10. The Bertz CT molecular complexity index is 423. The van der Waals surface area contributed by atoms with Crippen LogP contribution in [0.1, 0.15) is 5.69 Å². The predicted octanol–water partition coefficient (Wildman–Crippen LogP) is 0.693. The molecule has 16 heavy (non-hydrogen) atoms. The molecule has 0 aliphatic carbocycles. The van der Waals surface area contributed by atoms with Crippen molar-refractivity contribution in [1.82, 2.24) is 4.98 Å². The number of carbonyl (C=O) groups is 1. The number of nitrogens with one attached hydrogen (secondary N) is 1. The molecule has 0 spiro atoms. The third-order valence-corrected chi connectivity index (χ3v) is 2.16. The molecule has 0 aliphatic heterocycles. The van der Waals surface area contributed by atoms with E-state index in [-0.39, 0.29) is 5.91 Å². The number of nitrogens with two attached hydrogens (primary N) is 1. The highest BCUT2D eigenvalue weighted by Crippen LogP contribution is 2.04. The lowest BCUT2D eigenvalue weighted by Crippen LogP contribution is -2.14. The van der Waals surface area contributed by atoms with Crippen LogP contribution < -0.4 is 11.1 Å². The van der Waals surface area contributed by atoms with Crippen LogP contribution in [0, 0.1) is 11.8 Å². The maximum atomic E-state index is 11.3. The second-order valence-electron chi connectivity index (χ2n) is 2.90. The number of thioether (sulfide) groups is 1. The van der Waals surface area contributed by atoms with E-state index in [1.165, 1.54) is 11.8 Å². The molecule has 5 heteroatoms. The van der Waals surface area contributed by atoms with Gasteiger partial charge < -0.3 is 11.1 Å². The largest absolute Gasteiger partial charge is 0.320 e. The second kappa shape index (κ2) is 6.88. The van der Waals surface area contributed by atoms with Crippen LogP contribution in [0.25, 0.3) is 0 Å². The Hall–Kier alpha value is -1.51. The fraction of sp³-hybridized carbons (Fsp3) is 0.273. The molecule has 0 atom stereocenters. The SMILES string of the molecule is CSCC(=O)Nc1cccc(C#CCN)n1. The zero-order valence-corrected chi connectivity index (χ0v) is 9.80. The van der Waals surface area contributed by atoms with Gasteiger partial charge in [0.2, 0.25) is 5.91 Å². The highest BCUT2D eigenvalue weighted by Gasteiger charge is 2.01. The van der Waals surface area contributed by atoms with E-state index >= 15 is 0 Å². The van der Waals surface area contributed by atoms with Crippen molar-refractivity contribution in [3.8, 4) is 11.8 Å². The number of rotatable bonds is 3. The number of carbonyl (C=O) groups excluding carboxylic acids is 1. The van der Waals surface area contributed by atoms with Gasteiger partial charge in [0.1, 0.15) is 11.5 Å². The van der Waals surface area contributed by atoms with Crippen LogP contribution in [-0.4, -0.2) is 29.4 Å². The Kier molecular flexibility index (Phi) is 5.40. The molecule has 0 fully saturated rings. The maximum Gasteiger partial charge on any atom is 0.235 e. The lowest BCUT2D eigenvalue weighted by atomic mass is 10.3. The van der Waals surface area contributed by atoms with E-state index in [4.69, 9.17) is 5.73 Å². The highest BCUT2D eigenvalue weighted by molar-refractivity contribution is 7.99. The summed E-state index contributed by atoms with van der Waals surface area (Å²) in [7, 11) is 0. The molecule has 84 valence electrons. The van der Waals surface area contributed by atoms with Crippen LogP contribution >= 0.6 is 11.8 Å². The van der Waals surface area contributed by atoms with Gasteiger partial charge in [-0.25, -0.2) is 4.98 Å². The molecule has 0 unspecified atom stereocenters. The molecule has 3 N–H and O–H groups in total. The van der Waals surface area contributed by atoms with Crippen molar-refractivity contribution in [2.24, 2.45) is 5.73 Å². The minimum absolute atomic E-state index is 0.0658. The minimum atomic E-state index is -0.0658. The molecule has 4 nitrogen and oxygen atoms in total. The lowest BCUT2D eigenvalue weighted by molar-refractivity contribution is -0.113. The van der Waals surface area contributed by atoms with Crippen LogP contribution in [0.3, 0.4) is 0 Å². The van der Waals surface area contributed by atoms with Crippen molar-refractivity contribution in [2.45, 2.75) is 0 Å². The summed E-state index contributed by atoms with van der Waals surface area (Å²) in [4.78, 5) is 15.5. The van der Waals surface area contributed by atoms with E-state index in [0.717, 1.165) is 0 Å². The zero-order chi connectivity index (χ0) is 11.8. The predicted molar refractivity (Wildman–Crippen MR) is 67.2 cm³/mol. The molecular weight excluding hydrogens is 222 g/mol. The van der Waals surface area contributed by atoms with E-state index in [1.807, 2.05) is 6.26 Å². The smallest absolute Gasteiger partial charge is 0.235 e. The normalized spacial score (nSPS) is 9.12. The number of aromatic nitrogens is 1. The summed E-state index contributed by atoms with van der Waals surface area (Å²) < 4.78 is 0. The fourth-order valence-electron chi connectivity index (χ4n) is 1.03. The topological polar surface area (TPSA) is 68.0 Å². The van der Waals surface area contributed by atoms with Gasteiger partial charge in [-0.15, -0.1) is 0 Å². The molecule has 1 aromatic rings. The number of nitrogens with zero attached hydrogens (tertiary/aromatic N) is 1. The summed E-state index contributed by atoms with van der Waals surface area (Å²) >= 11 is 1.46. The van der Waals surface area contributed by atoms with Gasteiger partial charge in [-0.1, -0.05) is 12.0 Å². The van der Waals surface area contributed by atoms with Crippen LogP contribution in [0.5, 0.6) is 0 Å². The molecular formula is C11H13N3OS. The molecule has 1 aromatic heterocycles. The van der Waals surface area contributed by atoms with Gasteiger partial charge in [0, 0.05) is 0 Å². The van der Waals surface area contributed by atoms with Gasteiger partial charge in [-0.2, -0.15) is 11.8 Å². The average Bonchev–Trinajstić information content (AvgIpc) is 2.27. The fourth-order valence-corrected chi connectivity index (χ4v) is 1.36. The molecule has 1 rings (SSSR count). The van der Waals surface area contributed by atoms with Gasteiger partial charge in [0.05, 0.1) is 12.3 Å². The van der Waals surface area contributed by atoms with Gasteiger partial charge in [-0.05, 0) is 24.3 Å². The van der Waals surface area contributed by atoms with E-state index in [2.05, 4.69) is 22.1 Å². The number of amides is 1. The Labute approximate surface area is 99.0 Å². The lowest BCUT2D eigenvalue weighted by Gasteiger charge is -2.02. The van der Waals surface area contributed by atoms with Crippen LogP contribution in [0.2, 0.25) is 0 Å². The summed E-state index contributed by atoms with van der Waals surface area (Å²) in [5, 5.41) is 2.69. The number of pyridine rings is 1. The van der Waals surface area contributed by atoms with Crippen molar-refractivity contribution in [3.63, 3.8) is 0 Å². The molecule has 0 saturated carbocycles. The van der Waals surface area contributed by atoms with Crippen LogP contribution in [0.4, 0.5) is 5.82 Å². The minimum Gasteiger partial charge on any atom is -0.320 e. The van der Waals surface area contributed by atoms with Crippen molar-refractivity contribution >= 4 is 23.5 Å². The van der Waals surface area contributed by atoms with Crippen LogP contribution in [0.15, 0.2) is 18.2 Å². The highest BCUT2D eigenvalue weighted by atomic mass is 32.2. The van der Waals surface area contributed by atoms with Crippen molar-refractivity contribution in [1.29, 1.82) is 0 Å². The maximum absolute atomic E-state index is 11.3. The Balaban J connectivity index is 2.71. The molecule has 0 aliphatic rings. The van der Waals surface area contributed by atoms with Crippen molar-refractivity contribution < 1.29 is 4.79 Å². The summed E-state index contributed by atoms with van der Waals surface area (Å²) in [5.41, 5.74) is 5.86. The first-order chi connectivity index (χ1) is 7.76. The van der Waals surface area contributed by atoms with Gasteiger partial charge >= 0.3 is 0 Å². The molecule has 0 aromatic carbocycles. The van der Waals surface area contributed by atoms with E-state index in [0.29, 0.717) is 23.8 Å². The number of hydrogen-bond acceptors (Lipinski definition) is 4. The Morgan fingerprint density at radius 2 is 2.44 bits per heavy atom. The molecule has 0 radical (unpaired) electrons. The van der Waals surface area contributed by atoms with Crippen molar-refractivity contribution in [2.75, 3.05) is 23.9 Å². The third kappa shape index (κ3) is 4.34. The van der Waals surface area contributed by atoms with E-state index in [1.54, 1.807) is 18.2 Å². The monoisotopic (exact) mass is 235 g/mol. The van der Waals surface area contributed by atoms with E-state index in [9.17, 15) is 4.79 Å². The average molecular weight is 235 g/mol. The van der Waals surface area contributed by atoms with E-state index < -0.39 is 0 Å². The zero-order valence-electron chi connectivity index (χ0n) is 8.99. The summed E-state index contributed by atoms with van der Waals surface area (Å²) in [5.74, 6) is 6.38. The van der Waals surface area contributed by atoms with Gasteiger partial charge in [0.25, 0.3) is 0 Å². The summed E-state index contributed by atoms with van der Waals surface area (Å²) in [6.45, 7) is 0.296. The number of hydrogen-bond donors (Lipinski definition) is 2.